The number of phenols is 1. The van der Waals surface area contributed by atoms with E-state index in [1.807, 2.05) is 13.8 Å². The van der Waals surface area contributed by atoms with Crippen LogP contribution in [-0.2, 0) is 4.79 Å². The number of carbonyl (C=O) groups is 3. The van der Waals surface area contributed by atoms with Gasteiger partial charge in [0.2, 0.25) is 5.91 Å². The molecule has 1 aromatic carbocycles. The van der Waals surface area contributed by atoms with Gasteiger partial charge in [-0.05, 0) is 54.1 Å². The molecule has 0 radical (unpaired) electrons. The van der Waals surface area contributed by atoms with Crippen molar-refractivity contribution in [3.8, 4) is 11.5 Å². The molecule has 0 spiro atoms. The second-order valence-electron chi connectivity index (χ2n) is 7.72. The van der Waals surface area contributed by atoms with Gasteiger partial charge in [0.15, 0.2) is 11.5 Å². The number of aromatic nitrogens is 1. The van der Waals surface area contributed by atoms with E-state index >= 15 is 0 Å². The molecule has 180 valence electrons. The number of nitrogens with one attached hydrogen (secondary N) is 3. The third kappa shape index (κ3) is 7.72. The van der Waals surface area contributed by atoms with E-state index in [9.17, 15) is 19.5 Å². The van der Waals surface area contributed by atoms with E-state index in [1.165, 1.54) is 31.4 Å². The van der Waals surface area contributed by atoms with Crippen molar-refractivity contribution in [2.24, 2.45) is 5.92 Å². The number of methoxy groups -OCH3 is 1. The summed E-state index contributed by atoms with van der Waals surface area (Å²) in [5.41, 5.74) is 0.412. The first-order valence-electron chi connectivity index (χ1n) is 10.6. The molecule has 2 rings (SSSR count). The number of aliphatic hydroxyl groups is 1. The zero-order valence-corrected chi connectivity index (χ0v) is 19.7. The Morgan fingerprint density at radius 3 is 2.55 bits per heavy atom. The Bertz CT molecular complexity index is 962. The number of aromatic hydroxyl groups is 1. The summed E-state index contributed by atoms with van der Waals surface area (Å²) in [7, 11) is 1.39. The molecule has 11 heteroatoms. The number of amides is 3. The van der Waals surface area contributed by atoms with Gasteiger partial charge in [-0.1, -0.05) is 19.9 Å². The highest BCUT2D eigenvalue weighted by Crippen LogP contribution is 2.29. The second kappa shape index (κ2) is 12.8. The molecule has 0 saturated heterocycles. The van der Waals surface area contributed by atoms with Crippen LogP contribution in [-0.4, -0.2) is 59.1 Å². The molecule has 0 bridgehead atoms. The molecule has 1 heterocycles. The van der Waals surface area contributed by atoms with Gasteiger partial charge in [0.1, 0.15) is 16.6 Å². The summed E-state index contributed by atoms with van der Waals surface area (Å²) < 4.78 is 9.15. The van der Waals surface area contributed by atoms with Gasteiger partial charge in [0, 0.05) is 19.7 Å². The van der Waals surface area contributed by atoms with Gasteiger partial charge >= 0.3 is 0 Å². The average Bonchev–Trinajstić information content (AvgIpc) is 3.28. The molecular formula is C22H30N4O6S. The number of hydrogen-bond donors (Lipinski definition) is 5. The molecule has 10 nitrogen and oxygen atoms in total. The number of nitrogens with zero attached hydrogens (tertiary/aromatic N) is 1. The number of carbonyl (C=O) groups excluding carboxylic acids is 3. The smallest absolute Gasteiger partial charge is 0.271 e. The number of phenolic OH excluding ortho intramolecular Hbond substituents is 1. The van der Waals surface area contributed by atoms with Crippen LogP contribution in [0.3, 0.4) is 0 Å². The molecular weight excluding hydrogens is 448 g/mol. The topological polar surface area (TPSA) is 150 Å². The summed E-state index contributed by atoms with van der Waals surface area (Å²) in [6, 6.07) is 4.66. The van der Waals surface area contributed by atoms with Crippen molar-refractivity contribution in [3.63, 3.8) is 0 Å². The van der Waals surface area contributed by atoms with Crippen molar-refractivity contribution < 1.29 is 29.3 Å². The van der Waals surface area contributed by atoms with Gasteiger partial charge in [-0.3, -0.25) is 14.4 Å². The largest absolute Gasteiger partial charge is 0.504 e. The molecule has 0 aliphatic carbocycles. The zero-order chi connectivity index (χ0) is 24.4. The lowest BCUT2D eigenvalue weighted by Gasteiger charge is -2.19. The summed E-state index contributed by atoms with van der Waals surface area (Å²) in [4.78, 5) is 38.1. The Labute approximate surface area is 196 Å². The van der Waals surface area contributed by atoms with Gasteiger partial charge in [0.25, 0.3) is 11.8 Å². The van der Waals surface area contributed by atoms with Crippen molar-refractivity contribution in [1.82, 2.24) is 20.3 Å². The van der Waals surface area contributed by atoms with Crippen LogP contribution in [0.5, 0.6) is 11.5 Å². The minimum atomic E-state index is -1.07. The summed E-state index contributed by atoms with van der Waals surface area (Å²) in [6.45, 7) is 4.77. The van der Waals surface area contributed by atoms with E-state index in [2.05, 4.69) is 20.3 Å². The molecule has 33 heavy (non-hydrogen) atoms. The minimum Gasteiger partial charge on any atom is -0.504 e. The first kappa shape index (κ1) is 26.1. The maximum Gasteiger partial charge on any atom is 0.271 e. The lowest BCUT2D eigenvalue weighted by atomic mass is 10.0. The molecule has 1 atom stereocenters. The second-order valence-corrected chi connectivity index (χ2v) is 8.53. The van der Waals surface area contributed by atoms with Crippen molar-refractivity contribution in [2.45, 2.75) is 32.7 Å². The molecule has 1 unspecified atom stereocenters. The Balaban J connectivity index is 2.19. The standard InChI is InChI=1S/C22H30N4O6S/c1-13(2)7-9-24-22(31)19(14-5-6-16(28)17(11-14)32-3)25-20(29)15-12-18(33-26-15)21(30)23-8-4-10-27/h5-6,11-13,19,27-28H,4,7-10H2,1-3H3,(H,23,30)(H,24,31)(H,25,29). The predicted molar refractivity (Wildman–Crippen MR) is 123 cm³/mol. The van der Waals surface area contributed by atoms with Crippen LogP contribution >= 0.6 is 11.5 Å². The third-order valence-electron chi connectivity index (χ3n) is 4.68. The van der Waals surface area contributed by atoms with Crippen LogP contribution in [0.15, 0.2) is 24.3 Å². The summed E-state index contributed by atoms with van der Waals surface area (Å²) in [6.07, 6.45) is 1.19. The van der Waals surface area contributed by atoms with Crippen molar-refractivity contribution in [2.75, 3.05) is 26.8 Å². The quantitative estimate of drug-likeness (QED) is 0.291. The number of aliphatic hydroxyl groups excluding tert-OH is 1. The molecule has 2 aromatic rings. The maximum absolute atomic E-state index is 12.9. The highest BCUT2D eigenvalue weighted by Gasteiger charge is 2.26. The van der Waals surface area contributed by atoms with Gasteiger partial charge in [-0.15, -0.1) is 0 Å². The third-order valence-corrected chi connectivity index (χ3v) is 5.47. The van der Waals surface area contributed by atoms with E-state index in [4.69, 9.17) is 9.84 Å². The van der Waals surface area contributed by atoms with Crippen LogP contribution in [0.4, 0.5) is 0 Å². The van der Waals surface area contributed by atoms with E-state index in [-0.39, 0.29) is 28.7 Å². The van der Waals surface area contributed by atoms with Crippen molar-refractivity contribution in [1.29, 1.82) is 0 Å². The van der Waals surface area contributed by atoms with Crippen LogP contribution in [0, 0.1) is 5.92 Å². The van der Waals surface area contributed by atoms with Crippen molar-refractivity contribution in [3.05, 3.63) is 40.4 Å². The first-order chi connectivity index (χ1) is 15.8. The fraction of sp³-hybridized carbons (Fsp3) is 0.455. The maximum atomic E-state index is 12.9. The molecule has 0 aliphatic rings. The molecule has 0 fully saturated rings. The fourth-order valence-electron chi connectivity index (χ4n) is 2.82. The number of rotatable bonds is 12. The lowest BCUT2D eigenvalue weighted by molar-refractivity contribution is -0.123. The zero-order valence-electron chi connectivity index (χ0n) is 18.9. The van der Waals surface area contributed by atoms with Gasteiger partial charge in [-0.25, -0.2) is 0 Å². The van der Waals surface area contributed by atoms with Gasteiger partial charge in [0.05, 0.1) is 7.11 Å². The minimum absolute atomic E-state index is 0.00182. The molecule has 1 aromatic heterocycles. The number of ether oxygens (including phenoxy) is 1. The number of hydrogen-bond acceptors (Lipinski definition) is 8. The van der Waals surface area contributed by atoms with Crippen LogP contribution < -0.4 is 20.7 Å². The number of benzene rings is 1. The summed E-state index contributed by atoms with van der Waals surface area (Å²) in [5, 5.41) is 26.8. The molecule has 5 N–H and O–H groups in total. The molecule has 0 aliphatic heterocycles. The average molecular weight is 479 g/mol. The Morgan fingerprint density at radius 1 is 1.12 bits per heavy atom. The van der Waals surface area contributed by atoms with E-state index in [0.29, 0.717) is 31.0 Å². The van der Waals surface area contributed by atoms with Crippen molar-refractivity contribution >= 4 is 29.3 Å². The highest BCUT2D eigenvalue weighted by atomic mass is 32.1. The van der Waals surface area contributed by atoms with E-state index < -0.39 is 23.8 Å². The summed E-state index contributed by atoms with van der Waals surface area (Å²) in [5.74, 6) is -0.985. The fourth-order valence-corrected chi connectivity index (χ4v) is 3.47. The Kier molecular flexibility index (Phi) is 10.1. The predicted octanol–water partition coefficient (Wildman–Crippen LogP) is 1.60. The van der Waals surface area contributed by atoms with Gasteiger partial charge in [-0.2, -0.15) is 4.37 Å². The normalized spacial score (nSPS) is 11.7. The molecule has 0 saturated carbocycles. The SMILES string of the molecule is COc1cc(C(NC(=O)c2cc(C(=O)NCCCO)sn2)C(=O)NCCC(C)C)ccc1O. The van der Waals surface area contributed by atoms with E-state index in [0.717, 1.165) is 18.0 Å². The van der Waals surface area contributed by atoms with Crippen LogP contribution in [0.25, 0.3) is 0 Å². The van der Waals surface area contributed by atoms with E-state index in [1.54, 1.807) is 0 Å². The monoisotopic (exact) mass is 478 g/mol. The van der Waals surface area contributed by atoms with Crippen LogP contribution in [0.2, 0.25) is 0 Å². The Morgan fingerprint density at radius 2 is 1.88 bits per heavy atom. The van der Waals surface area contributed by atoms with Gasteiger partial charge < -0.3 is 30.9 Å². The first-order valence-corrected chi connectivity index (χ1v) is 11.3. The lowest BCUT2D eigenvalue weighted by Crippen LogP contribution is -2.41. The molecule has 3 amide bonds. The highest BCUT2D eigenvalue weighted by molar-refractivity contribution is 7.08. The Hall–Kier alpha value is -3.18. The van der Waals surface area contributed by atoms with Crippen LogP contribution in [0.1, 0.15) is 58.5 Å². The summed E-state index contributed by atoms with van der Waals surface area (Å²) >= 11 is 0.861.